The normalized spacial score (nSPS) is 30.6. The van der Waals surface area contributed by atoms with Gasteiger partial charge in [0.05, 0.1) is 0 Å². The first kappa shape index (κ1) is 2.34. The van der Waals surface area contributed by atoms with Crippen molar-refractivity contribution in [1.29, 1.82) is 0 Å². The number of hydrogen-bond acceptors (Lipinski definition) is 3. The summed E-state index contributed by atoms with van der Waals surface area (Å²) in [7, 11) is 0. The average Bonchev–Trinajstić information content (AvgIpc) is 2.19. The minimum atomic E-state index is -3.18. The predicted molar refractivity (Wildman–Crippen MR) is 30.9 cm³/mol. The van der Waals surface area contributed by atoms with E-state index in [-0.39, 0.29) is 9.80 Å². The minimum Gasteiger partial charge on any atom is -0.263 e. The Labute approximate surface area is 65.6 Å². The van der Waals surface area contributed by atoms with Crippen LogP contribution in [0, 0.1) is 0 Å². The maximum Gasteiger partial charge on any atom is 0.333 e. The van der Waals surface area contributed by atoms with E-state index in [0.717, 1.165) is 0 Å². The van der Waals surface area contributed by atoms with Crippen LogP contribution in [0.1, 0.15) is 8.22 Å². The van der Waals surface area contributed by atoms with Crippen molar-refractivity contribution in [3.05, 3.63) is 0 Å². The van der Waals surface area contributed by atoms with Crippen molar-refractivity contribution >= 4 is 17.8 Å². The summed E-state index contributed by atoms with van der Waals surface area (Å²) < 4.78 is 41.0. The van der Waals surface area contributed by atoms with Crippen LogP contribution >= 0.6 is 0 Å². The second-order valence-corrected chi connectivity index (χ2v) is 1.56. The van der Waals surface area contributed by atoms with Crippen molar-refractivity contribution in [2.24, 2.45) is 0 Å². The molecule has 0 spiro atoms. The molecule has 1 rings (SSSR count). The van der Waals surface area contributed by atoms with Crippen LogP contribution in [-0.2, 0) is 9.59 Å². The first-order valence-corrected chi connectivity index (χ1v) is 2.20. The fourth-order valence-electron chi connectivity index (χ4n) is 0.465. The van der Waals surface area contributed by atoms with Crippen molar-refractivity contribution in [3.63, 3.8) is 0 Å². The van der Waals surface area contributed by atoms with E-state index >= 15 is 0 Å². The first-order valence-electron chi connectivity index (χ1n) is 5.20. The van der Waals surface area contributed by atoms with Crippen LogP contribution < -0.4 is 0 Å². The largest absolute Gasteiger partial charge is 0.333 e. The van der Waals surface area contributed by atoms with Crippen LogP contribution in [0.2, 0.25) is 0 Å². The smallest absolute Gasteiger partial charge is 0.263 e. The minimum absolute atomic E-state index is 0.346. The molecule has 1 aliphatic rings. The number of urea groups is 1. The van der Waals surface area contributed by atoms with Gasteiger partial charge in [0, 0.05) is 22.2 Å². The quantitative estimate of drug-likeness (QED) is 0.328. The van der Waals surface area contributed by atoms with Gasteiger partial charge in [0.2, 0.25) is 0 Å². The molecule has 1 saturated heterocycles. The van der Waals surface area contributed by atoms with Gasteiger partial charge in [-0.25, -0.2) is 4.79 Å². The Morgan fingerprint density at radius 1 is 1.10 bits per heavy atom. The van der Waals surface area contributed by atoms with Gasteiger partial charge in [-0.1, -0.05) is 0 Å². The molecule has 5 nitrogen and oxygen atoms in total. The lowest BCUT2D eigenvalue weighted by Crippen LogP contribution is -2.27. The highest BCUT2D eigenvalue weighted by molar-refractivity contribution is 6.44. The summed E-state index contributed by atoms with van der Waals surface area (Å²) >= 11 is 0. The van der Waals surface area contributed by atoms with Gasteiger partial charge in [-0.05, 0) is 0 Å². The van der Waals surface area contributed by atoms with E-state index in [2.05, 4.69) is 0 Å². The summed E-state index contributed by atoms with van der Waals surface area (Å²) in [5.41, 5.74) is 0. The van der Waals surface area contributed by atoms with Gasteiger partial charge in [-0.15, -0.1) is 0 Å². The second kappa shape index (κ2) is 1.80. The number of carbonyl (C=O) groups excluding carboxylic acids is 3. The van der Waals surface area contributed by atoms with E-state index in [0.29, 0.717) is 0 Å². The predicted octanol–water partition coefficient (Wildman–Crippen LogP) is -0.963. The Kier molecular flexibility index (Phi) is 0.419. The Bertz CT molecular complexity index is 337. The second-order valence-electron chi connectivity index (χ2n) is 1.56. The number of rotatable bonds is 0. The summed E-state index contributed by atoms with van der Waals surface area (Å²) in [5.74, 6) is -3.33. The maximum atomic E-state index is 11.3. The Morgan fingerprint density at radius 2 is 1.50 bits per heavy atom. The van der Waals surface area contributed by atoms with E-state index < -0.39 is 31.8 Å². The number of likely N-dealkylation sites (N-methyl/N-ethyl adjacent to an activating group) is 2. The summed E-state index contributed by atoms with van der Waals surface area (Å²) in [6, 6.07) is -1.66. The molecule has 0 bridgehead atoms. The van der Waals surface area contributed by atoms with Crippen LogP contribution in [-0.4, -0.2) is 41.6 Å². The fraction of sp³-hybridized carbons (Fsp3) is 0.400. The molecule has 1 aliphatic heterocycles. The molecule has 1 fully saturated rings. The number of carbonyl (C=O) groups is 3. The average molecular weight is 148 g/mol. The summed E-state index contributed by atoms with van der Waals surface area (Å²) in [5, 5.41) is 0. The molecular weight excluding hydrogens is 136 g/mol. The topological polar surface area (TPSA) is 57.7 Å². The van der Waals surface area contributed by atoms with Gasteiger partial charge in [-0.3, -0.25) is 19.4 Å². The lowest BCUT2D eigenvalue weighted by Gasteiger charge is -2.03. The van der Waals surface area contributed by atoms with Gasteiger partial charge in [0.25, 0.3) is 0 Å². The van der Waals surface area contributed by atoms with E-state index in [1.165, 1.54) is 0 Å². The van der Waals surface area contributed by atoms with Gasteiger partial charge in [0.1, 0.15) is 0 Å². The summed E-state index contributed by atoms with van der Waals surface area (Å²) in [4.78, 5) is 32.9. The highest BCUT2D eigenvalue weighted by Gasteiger charge is 2.39. The van der Waals surface area contributed by atoms with E-state index in [1.54, 1.807) is 0 Å². The van der Waals surface area contributed by atoms with E-state index in [9.17, 15) is 14.4 Å². The zero-order valence-corrected chi connectivity index (χ0v) is 4.62. The van der Waals surface area contributed by atoms with Crippen molar-refractivity contribution < 1.29 is 22.6 Å². The third-order valence-electron chi connectivity index (χ3n) is 0.972. The molecular formula is C5H6N2O3. The highest BCUT2D eigenvalue weighted by atomic mass is 16.2. The molecule has 10 heavy (non-hydrogen) atoms. The monoisotopic (exact) mass is 148 g/mol. The Morgan fingerprint density at radius 3 is 1.70 bits per heavy atom. The molecule has 54 valence electrons. The molecule has 0 aromatic heterocycles. The van der Waals surface area contributed by atoms with Crippen molar-refractivity contribution in [1.82, 2.24) is 9.80 Å². The van der Waals surface area contributed by atoms with E-state index in [1.807, 2.05) is 0 Å². The summed E-state index contributed by atoms with van der Waals surface area (Å²) in [6.45, 7) is -6.35. The third-order valence-corrected chi connectivity index (χ3v) is 0.972. The summed E-state index contributed by atoms with van der Waals surface area (Å²) in [6.07, 6.45) is 0. The van der Waals surface area contributed by atoms with Gasteiger partial charge < -0.3 is 0 Å². The van der Waals surface area contributed by atoms with Crippen molar-refractivity contribution in [2.45, 2.75) is 0 Å². The number of hydrogen-bond donors (Lipinski definition) is 0. The zero-order chi connectivity index (χ0) is 12.9. The number of nitrogens with zero attached hydrogens (tertiary/aromatic N) is 2. The van der Waals surface area contributed by atoms with Gasteiger partial charge >= 0.3 is 17.8 Å². The SMILES string of the molecule is [2H]C([2H])([2H])N1C(=O)C(=O)N(C([2H])([2H])[2H])C1=O. The van der Waals surface area contributed by atoms with E-state index in [4.69, 9.17) is 8.22 Å². The van der Waals surface area contributed by atoms with Crippen LogP contribution in [0.5, 0.6) is 0 Å². The molecule has 0 atom stereocenters. The highest BCUT2D eigenvalue weighted by Crippen LogP contribution is 2.05. The number of imide groups is 2. The molecule has 0 unspecified atom stereocenters. The first-order chi connectivity index (χ1) is 6.98. The lowest BCUT2D eigenvalue weighted by atomic mass is 10.6. The molecule has 0 N–H and O–H groups in total. The standard InChI is InChI=1S/C5H6N2O3/c1-6-3(8)4(9)7(2)5(6)10/h1-2H3/i1D3,2D3. The molecule has 1 heterocycles. The number of amides is 4. The van der Waals surface area contributed by atoms with Gasteiger partial charge in [0.15, 0.2) is 0 Å². The molecule has 0 radical (unpaired) electrons. The van der Waals surface area contributed by atoms with Crippen molar-refractivity contribution in [3.8, 4) is 0 Å². The maximum absolute atomic E-state index is 11.3. The van der Waals surface area contributed by atoms with Crippen LogP contribution in [0.4, 0.5) is 4.79 Å². The Hall–Kier alpha value is -1.39. The molecule has 0 aromatic carbocycles. The Balaban J connectivity index is 3.20. The van der Waals surface area contributed by atoms with Crippen molar-refractivity contribution in [2.75, 3.05) is 14.0 Å². The molecule has 0 aromatic rings. The molecule has 0 saturated carbocycles. The molecule has 4 amide bonds. The molecule has 5 heteroatoms. The van der Waals surface area contributed by atoms with Crippen LogP contribution in [0.15, 0.2) is 0 Å². The van der Waals surface area contributed by atoms with Gasteiger partial charge in [-0.2, -0.15) is 0 Å². The molecule has 0 aliphatic carbocycles. The van der Waals surface area contributed by atoms with Crippen LogP contribution in [0.3, 0.4) is 0 Å². The zero-order valence-electron chi connectivity index (χ0n) is 10.6. The lowest BCUT2D eigenvalue weighted by molar-refractivity contribution is -0.142. The van der Waals surface area contributed by atoms with Crippen LogP contribution in [0.25, 0.3) is 0 Å². The fourth-order valence-corrected chi connectivity index (χ4v) is 0.465. The third kappa shape index (κ3) is 0.601.